The molecule has 0 spiro atoms. The molecule has 1 N–H and O–H groups in total. The lowest BCUT2D eigenvalue weighted by Gasteiger charge is -2.35. The molecule has 1 aliphatic heterocycles. The summed E-state index contributed by atoms with van der Waals surface area (Å²) in [6, 6.07) is 7.94. The second-order valence-electron chi connectivity index (χ2n) is 11.8. The SMILES string of the molecule is COCCN(CCOC)c1nc(N2CCN(c3ncn(C)n3)CC2)c2nc(N(CCOC)CCOC)nc(NCc3cccc(OC)c3)c2n1. The predicted molar refractivity (Wildman–Crippen MR) is 193 cm³/mol. The van der Waals surface area contributed by atoms with E-state index in [1.54, 1.807) is 46.6 Å². The van der Waals surface area contributed by atoms with Gasteiger partial charge in [0.25, 0.3) is 0 Å². The van der Waals surface area contributed by atoms with Gasteiger partial charge in [-0.3, -0.25) is 4.68 Å². The van der Waals surface area contributed by atoms with Crippen LogP contribution in [0.2, 0.25) is 0 Å². The molecule has 50 heavy (non-hydrogen) atoms. The number of benzene rings is 1. The summed E-state index contributed by atoms with van der Waals surface area (Å²) < 4.78 is 29.0. The number of rotatable bonds is 20. The van der Waals surface area contributed by atoms with Crippen LogP contribution in [-0.4, -0.2) is 149 Å². The van der Waals surface area contributed by atoms with Crippen molar-refractivity contribution in [2.24, 2.45) is 7.05 Å². The van der Waals surface area contributed by atoms with Crippen LogP contribution >= 0.6 is 0 Å². The van der Waals surface area contributed by atoms with Crippen LogP contribution in [0.25, 0.3) is 11.0 Å². The number of hydrogen-bond donors (Lipinski definition) is 1. The van der Waals surface area contributed by atoms with E-state index in [-0.39, 0.29) is 0 Å². The van der Waals surface area contributed by atoms with Crippen molar-refractivity contribution in [3.63, 3.8) is 0 Å². The van der Waals surface area contributed by atoms with Gasteiger partial charge in [0, 0.05) is 94.4 Å². The first-order valence-corrected chi connectivity index (χ1v) is 16.8. The Balaban J connectivity index is 1.63. The standard InChI is InChI=1S/C33H50N12O5/c1-41-24-35-31(40-41)43-12-10-42(11-13-43)30-28-27(36-33(39-30)45(16-20-48-4)17-21-49-5)29(34-23-25-8-7-9-26(22-25)50-6)38-32(37-28)44(14-18-46-2)15-19-47-3/h7-9,22,24H,10-21,23H2,1-6H3,(H,34,37,38). The fraction of sp³-hybridized carbons (Fsp3) is 0.576. The molecule has 17 nitrogen and oxygen atoms in total. The van der Waals surface area contributed by atoms with Gasteiger partial charge in [0.1, 0.15) is 23.1 Å². The Kier molecular flexibility index (Phi) is 13.5. The zero-order valence-corrected chi connectivity index (χ0v) is 30.0. The lowest BCUT2D eigenvalue weighted by molar-refractivity contribution is 0.189. The summed E-state index contributed by atoms with van der Waals surface area (Å²) in [5, 5.41) is 8.10. The van der Waals surface area contributed by atoms with Gasteiger partial charge < -0.3 is 48.6 Å². The minimum absolute atomic E-state index is 0.486. The molecule has 4 aromatic rings. The predicted octanol–water partition coefficient (Wildman–Crippen LogP) is 1.69. The molecule has 0 radical (unpaired) electrons. The van der Waals surface area contributed by atoms with Crippen LogP contribution in [0.15, 0.2) is 30.6 Å². The zero-order chi connectivity index (χ0) is 35.3. The van der Waals surface area contributed by atoms with Gasteiger partial charge >= 0.3 is 0 Å². The monoisotopic (exact) mass is 694 g/mol. The average molecular weight is 695 g/mol. The second kappa shape index (κ2) is 18.4. The van der Waals surface area contributed by atoms with E-state index in [2.05, 4.69) is 35.0 Å². The Morgan fingerprint density at radius 3 is 1.86 bits per heavy atom. The van der Waals surface area contributed by atoms with Gasteiger partial charge in [-0.25, -0.2) is 15.0 Å². The maximum Gasteiger partial charge on any atom is 0.244 e. The summed E-state index contributed by atoms with van der Waals surface area (Å²) in [7, 11) is 10.3. The van der Waals surface area contributed by atoms with Gasteiger partial charge in [-0.2, -0.15) is 9.97 Å². The van der Waals surface area contributed by atoms with Crippen molar-refractivity contribution in [3.05, 3.63) is 36.2 Å². The molecule has 4 heterocycles. The van der Waals surface area contributed by atoms with Crippen molar-refractivity contribution in [2.45, 2.75) is 6.54 Å². The molecule has 0 saturated carbocycles. The Hall–Kier alpha value is -4.58. The number of piperazine rings is 1. The lowest BCUT2D eigenvalue weighted by Crippen LogP contribution is -2.47. The van der Waals surface area contributed by atoms with Gasteiger partial charge in [0.2, 0.25) is 17.8 Å². The van der Waals surface area contributed by atoms with Gasteiger partial charge in [-0.15, -0.1) is 5.10 Å². The van der Waals surface area contributed by atoms with Crippen molar-refractivity contribution in [3.8, 4) is 5.75 Å². The van der Waals surface area contributed by atoms with Crippen molar-refractivity contribution in [1.82, 2.24) is 34.7 Å². The molecule has 0 unspecified atom stereocenters. The summed E-state index contributed by atoms with van der Waals surface area (Å²) >= 11 is 0. The lowest BCUT2D eigenvalue weighted by atomic mass is 10.2. The highest BCUT2D eigenvalue weighted by atomic mass is 16.5. The number of ether oxygens (including phenoxy) is 5. The maximum atomic E-state index is 5.48. The molecule has 0 bridgehead atoms. The molecule has 0 amide bonds. The number of methoxy groups -OCH3 is 5. The summed E-state index contributed by atoms with van der Waals surface area (Å²) in [6.07, 6.45) is 1.72. The molecular formula is C33H50N12O5. The second-order valence-corrected chi connectivity index (χ2v) is 11.8. The Bertz CT molecular complexity index is 1620. The van der Waals surface area contributed by atoms with Crippen LogP contribution < -0.4 is 29.7 Å². The first-order chi connectivity index (χ1) is 24.5. The molecule has 1 aliphatic rings. The third-order valence-electron chi connectivity index (χ3n) is 8.37. The van der Waals surface area contributed by atoms with E-state index < -0.39 is 0 Å². The van der Waals surface area contributed by atoms with E-state index in [1.165, 1.54) is 0 Å². The fourth-order valence-corrected chi connectivity index (χ4v) is 5.59. The molecular weight excluding hydrogens is 644 g/mol. The number of fused-ring (bicyclic) bond motifs is 1. The molecule has 1 aromatic carbocycles. The quantitative estimate of drug-likeness (QED) is 0.143. The van der Waals surface area contributed by atoms with Gasteiger partial charge in [0.05, 0.1) is 33.5 Å². The van der Waals surface area contributed by atoms with Crippen molar-refractivity contribution < 1.29 is 23.7 Å². The van der Waals surface area contributed by atoms with Gasteiger partial charge in [-0.05, 0) is 17.7 Å². The molecule has 272 valence electrons. The van der Waals surface area contributed by atoms with E-state index in [4.69, 9.17) is 43.6 Å². The summed E-state index contributed by atoms with van der Waals surface area (Å²) in [6.45, 7) is 7.60. The van der Waals surface area contributed by atoms with Crippen LogP contribution in [0, 0.1) is 0 Å². The molecule has 1 saturated heterocycles. The number of nitrogens with one attached hydrogen (secondary N) is 1. The Morgan fingerprint density at radius 1 is 0.720 bits per heavy atom. The van der Waals surface area contributed by atoms with Gasteiger partial charge in [-0.1, -0.05) is 12.1 Å². The molecule has 17 heteroatoms. The maximum absolute atomic E-state index is 5.48. The molecule has 0 atom stereocenters. The average Bonchev–Trinajstić information content (AvgIpc) is 3.59. The third-order valence-corrected chi connectivity index (χ3v) is 8.37. The zero-order valence-electron chi connectivity index (χ0n) is 30.0. The summed E-state index contributed by atoms with van der Waals surface area (Å²) in [4.78, 5) is 33.7. The fourth-order valence-electron chi connectivity index (χ4n) is 5.59. The first kappa shape index (κ1) is 36.7. The van der Waals surface area contributed by atoms with Gasteiger partial charge in [0.15, 0.2) is 11.6 Å². The van der Waals surface area contributed by atoms with Crippen molar-refractivity contribution in [2.75, 3.05) is 139 Å². The molecule has 3 aromatic heterocycles. The highest BCUT2D eigenvalue weighted by Crippen LogP contribution is 2.32. The molecule has 1 fully saturated rings. The molecule has 0 aliphatic carbocycles. The highest BCUT2D eigenvalue weighted by Gasteiger charge is 2.27. The normalized spacial score (nSPS) is 13.2. The van der Waals surface area contributed by atoms with E-state index >= 15 is 0 Å². The van der Waals surface area contributed by atoms with E-state index in [0.717, 1.165) is 17.1 Å². The first-order valence-electron chi connectivity index (χ1n) is 16.8. The number of nitrogens with zero attached hydrogens (tertiary/aromatic N) is 11. The number of hydrogen-bond acceptors (Lipinski definition) is 16. The van der Waals surface area contributed by atoms with Crippen LogP contribution in [0.5, 0.6) is 5.75 Å². The van der Waals surface area contributed by atoms with E-state index in [9.17, 15) is 0 Å². The van der Waals surface area contributed by atoms with Crippen molar-refractivity contribution >= 4 is 40.5 Å². The minimum atomic E-state index is 0.486. The van der Waals surface area contributed by atoms with E-state index in [0.29, 0.717) is 120 Å². The van der Waals surface area contributed by atoms with E-state index in [1.807, 2.05) is 31.3 Å². The number of anilines is 5. The number of aromatic nitrogens is 7. The Morgan fingerprint density at radius 2 is 1.30 bits per heavy atom. The van der Waals surface area contributed by atoms with Crippen LogP contribution in [0.1, 0.15) is 5.56 Å². The summed E-state index contributed by atoms with van der Waals surface area (Å²) in [5.41, 5.74) is 2.29. The van der Waals surface area contributed by atoms with Crippen LogP contribution in [-0.2, 0) is 32.5 Å². The van der Waals surface area contributed by atoms with Crippen LogP contribution in [0.3, 0.4) is 0 Å². The number of aryl methyl sites for hydroxylation is 1. The highest BCUT2D eigenvalue weighted by molar-refractivity contribution is 5.95. The van der Waals surface area contributed by atoms with Crippen LogP contribution in [0.4, 0.5) is 29.5 Å². The Labute approximate surface area is 293 Å². The summed E-state index contributed by atoms with van der Waals surface area (Å²) in [5.74, 6) is 3.89. The largest absolute Gasteiger partial charge is 0.497 e. The van der Waals surface area contributed by atoms with Crippen molar-refractivity contribution in [1.29, 1.82) is 0 Å². The topological polar surface area (TPSA) is 153 Å². The molecule has 5 rings (SSSR count). The third kappa shape index (κ3) is 9.35. The minimum Gasteiger partial charge on any atom is -0.497 e. The smallest absolute Gasteiger partial charge is 0.244 e.